The molecule has 1 aliphatic heterocycles. The molecule has 1 atom stereocenters. The second-order valence-electron chi connectivity index (χ2n) is 3.81. The van der Waals surface area contributed by atoms with Gasteiger partial charge in [0, 0.05) is 11.5 Å². The summed E-state index contributed by atoms with van der Waals surface area (Å²) >= 11 is 0. The molecule has 2 heteroatoms. The minimum atomic E-state index is -0.530. The third-order valence-electron chi connectivity index (χ3n) is 2.36. The summed E-state index contributed by atoms with van der Waals surface area (Å²) in [6, 6.07) is 7.58. The van der Waals surface area contributed by atoms with E-state index in [1.165, 1.54) is 0 Å². The van der Waals surface area contributed by atoms with Crippen molar-refractivity contribution in [3.8, 4) is 5.75 Å². The molecule has 1 N–H and O–H groups in total. The van der Waals surface area contributed by atoms with Crippen molar-refractivity contribution in [2.24, 2.45) is 5.92 Å². The molecule has 0 amide bonds. The number of benzene rings is 1. The number of fused-ring (bicyclic) bond motifs is 1. The van der Waals surface area contributed by atoms with Crippen molar-refractivity contribution in [3.63, 3.8) is 0 Å². The van der Waals surface area contributed by atoms with Gasteiger partial charge in [-0.3, -0.25) is 0 Å². The van der Waals surface area contributed by atoms with Crippen molar-refractivity contribution in [2.75, 3.05) is 0 Å². The minimum absolute atomic E-state index is 0.304. The average Bonchev–Trinajstić information content (AvgIpc) is 2.17. The Morgan fingerprint density at radius 3 is 2.71 bits per heavy atom. The Morgan fingerprint density at radius 1 is 1.29 bits per heavy atom. The van der Waals surface area contributed by atoms with Crippen LogP contribution in [-0.2, 0) is 0 Å². The first-order valence-electron chi connectivity index (χ1n) is 4.85. The Kier molecular flexibility index (Phi) is 2.30. The van der Waals surface area contributed by atoms with Gasteiger partial charge in [0.25, 0.3) is 0 Å². The molecule has 1 aromatic carbocycles. The lowest BCUT2D eigenvalue weighted by Crippen LogP contribution is -2.12. The van der Waals surface area contributed by atoms with Gasteiger partial charge >= 0.3 is 0 Å². The van der Waals surface area contributed by atoms with E-state index < -0.39 is 6.10 Å². The third kappa shape index (κ3) is 1.53. The molecule has 0 radical (unpaired) electrons. The fourth-order valence-corrected chi connectivity index (χ4v) is 1.53. The maximum atomic E-state index is 9.82. The summed E-state index contributed by atoms with van der Waals surface area (Å²) in [5.41, 5.74) is 0.844. The molecule has 0 saturated carbocycles. The number of rotatable bonds is 1. The topological polar surface area (TPSA) is 29.5 Å². The molecular formula is C12H14O2. The van der Waals surface area contributed by atoms with Gasteiger partial charge in [-0.15, -0.1) is 0 Å². The number of allylic oxidation sites excluding steroid dienone is 1. The molecule has 74 valence electrons. The van der Waals surface area contributed by atoms with Crippen LogP contribution < -0.4 is 4.74 Å². The minimum Gasteiger partial charge on any atom is -0.461 e. The summed E-state index contributed by atoms with van der Waals surface area (Å²) in [7, 11) is 0. The zero-order valence-electron chi connectivity index (χ0n) is 8.40. The molecule has 2 nitrogen and oxygen atoms in total. The van der Waals surface area contributed by atoms with E-state index in [0.29, 0.717) is 5.92 Å². The first-order chi connectivity index (χ1) is 6.68. The first-order valence-corrected chi connectivity index (χ1v) is 4.85. The third-order valence-corrected chi connectivity index (χ3v) is 2.36. The summed E-state index contributed by atoms with van der Waals surface area (Å²) in [6.07, 6.45) is 1.24. The van der Waals surface area contributed by atoms with Gasteiger partial charge in [-0.25, -0.2) is 0 Å². The number of hydrogen-bond acceptors (Lipinski definition) is 2. The van der Waals surface area contributed by atoms with E-state index >= 15 is 0 Å². The molecule has 0 bridgehead atoms. The Hall–Kier alpha value is -1.28. The zero-order valence-corrected chi connectivity index (χ0v) is 8.40. The van der Waals surface area contributed by atoms with Crippen LogP contribution in [0.3, 0.4) is 0 Å². The number of ether oxygens (including phenoxy) is 1. The maximum Gasteiger partial charge on any atom is 0.133 e. The van der Waals surface area contributed by atoms with Crippen LogP contribution in [0.2, 0.25) is 0 Å². The van der Waals surface area contributed by atoms with Gasteiger partial charge in [-0.05, 0) is 12.1 Å². The predicted molar refractivity (Wildman–Crippen MR) is 55.0 cm³/mol. The Balaban J connectivity index is 2.38. The monoisotopic (exact) mass is 190 g/mol. The van der Waals surface area contributed by atoms with E-state index in [4.69, 9.17) is 4.74 Å². The van der Waals surface area contributed by atoms with Gasteiger partial charge in [0.1, 0.15) is 17.6 Å². The molecule has 0 spiro atoms. The van der Waals surface area contributed by atoms with Crippen molar-refractivity contribution in [1.29, 1.82) is 0 Å². The van der Waals surface area contributed by atoms with Gasteiger partial charge in [0.05, 0.1) is 0 Å². The number of aliphatic hydroxyl groups excluding tert-OH is 1. The second-order valence-corrected chi connectivity index (χ2v) is 3.81. The van der Waals surface area contributed by atoms with Crippen LogP contribution in [0.15, 0.2) is 36.1 Å². The van der Waals surface area contributed by atoms with Crippen LogP contribution in [0.5, 0.6) is 5.75 Å². The zero-order chi connectivity index (χ0) is 10.1. The average molecular weight is 190 g/mol. The van der Waals surface area contributed by atoms with Crippen molar-refractivity contribution >= 4 is 0 Å². The van der Waals surface area contributed by atoms with Gasteiger partial charge in [-0.2, -0.15) is 0 Å². The number of aliphatic hydroxyl groups is 1. The van der Waals surface area contributed by atoms with Crippen molar-refractivity contribution in [3.05, 3.63) is 41.7 Å². The van der Waals surface area contributed by atoms with E-state index in [2.05, 4.69) is 0 Å². The van der Waals surface area contributed by atoms with Crippen LogP contribution >= 0.6 is 0 Å². The van der Waals surface area contributed by atoms with Gasteiger partial charge in [0.2, 0.25) is 0 Å². The van der Waals surface area contributed by atoms with Crippen molar-refractivity contribution in [2.45, 2.75) is 20.0 Å². The molecule has 1 heterocycles. The molecule has 2 rings (SSSR count). The van der Waals surface area contributed by atoms with Gasteiger partial charge in [0.15, 0.2) is 0 Å². The van der Waals surface area contributed by atoms with Gasteiger partial charge < -0.3 is 9.84 Å². The lowest BCUT2D eigenvalue weighted by molar-refractivity contribution is 0.201. The Morgan fingerprint density at radius 2 is 2.00 bits per heavy atom. The SMILES string of the molecule is CC(C)C1=CC(O)c2ccccc2O1. The molecule has 1 aromatic rings. The van der Waals surface area contributed by atoms with Crippen LogP contribution in [0.4, 0.5) is 0 Å². The fourth-order valence-electron chi connectivity index (χ4n) is 1.53. The van der Waals surface area contributed by atoms with E-state index in [0.717, 1.165) is 17.1 Å². The summed E-state index contributed by atoms with van der Waals surface area (Å²) in [5, 5.41) is 9.82. The van der Waals surface area contributed by atoms with E-state index in [1.54, 1.807) is 6.08 Å². The number of para-hydroxylation sites is 1. The van der Waals surface area contributed by atoms with Gasteiger partial charge in [-0.1, -0.05) is 32.0 Å². The quantitative estimate of drug-likeness (QED) is 0.737. The Labute approximate surface area is 83.8 Å². The molecule has 14 heavy (non-hydrogen) atoms. The van der Waals surface area contributed by atoms with Crippen LogP contribution in [0.1, 0.15) is 25.5 Å². The molecule has 0 aromatic heterocycles. The smallest absolute Gasteiger partial charge is 0.133 e. The fraction of sp³-hybridized carbons (Fsp3) is 0.333. The lowest BCUT2D eigenvalue weighted by atomic mass is 10.0. The van der Waals surface area contributed by atoms with E-state index in [-0.39, 0.29) is 0 Å². The highest BCUT2D eigenvalue weighted by atomic mass is 16.5. The van der Waals surface area contributed by atoms with Crippen LogP contribution in [-0.4, -0.2) is 5.11 Å². The maximum absolute atomic E-state index is 9.82. The summed E-state index contributed by atoms with van der Waals surface area (Å²) in [4.78, 5) is 0. The number of hydrogen-bond donors (Lipinski definition) is 1. The summed E-state index contributed by atoms with van der Waals surface area (Å²) in [5.74, 6) is 1.92. The van der Waals surface area contributed by atoms with E-state index in [1.807, 2.05) is 38.1 Å². The predicted octanol–water partition coefficient (Wildman–Crippen LogP) is 2.65. The van der Waals surface area contributed by atoms with E-state index in [9.17, 15) is 5.11 Å². The molecular weight excluding hydrogens is 176 g/mol. The second kappa shape index (κ2) is 3.46. The largest absolute Gasteiger partial charge is 0.461 e. The normalized spacial score (nSPS) is 20.0. The molecule has 0 saturated heterocycles. The Bertz CT molecular complexity index is 366. The molecule has 0 fully saturated rings. The highest BCUT2D eigenvalue weighted by molar-refractivity contribution is 5.41. The summed E-state index contributed by atoms with van der Waals surface area (Å²) in [6.45, 7) is 4.10. The molecule has 1 unspecified atom stereocenters. The lowest BCUT2D eigenvalue weighted by Gasteiger charge is -2.23. The molecule has 1 aliphatic rings. The van der Waals surface area contributed by atoms with Crippen molar-refractivity contribution < 1.29 is 9.84 Å². The van der Waals surface area contributed by atoms with Crippen LogP contribution in [0.25, 0.3) is 0 Å². The summed E-state index contributed by atoms with van der Waals surface area (Å²) < 4.78 is 5.66. The highest BCUT2D eigenvalue weighted by Crippen LogP contribution is 2.34. The molecule has 0 aliphatic carbocycles. The first kappa shape index (κ1) is 9.28. The van der Waals surface area contributed by atoms with Crippen molar-refractivity contribution in [1.82, 2.24) is 0 Å². The highest BCUT2D eigenvalue weighted by Gasteiger charge is 2.20. The van der Waals surface area contributed by atoms with Crippen LogP contribution in [0, 0.1) is 5.92 Å². The standard InChI is InChI=1S/C12H14O2/c1-8(2)12-7-10(13)9-5-3-4-6-11(9)14-12/h3-8,10,13H,1-2H3.